The minimum Gasteiger partial charge on any atom is -0.396 e. The summed E-state index contributed by atoms with van der Waals surface area (Å²) in [5, 5.41) is 8.95. The molecule has 0 saturated carbocycles. The fourth-order valence-electron chi connectivity index (χ4n) is 1.60. The number of hydrogen-bond donors (Lipinski definition) is 1. The van der Waals surface area contributed by atoms with Gasteiger partial charge in [0.2, 0.25) is 0 Å². The van der Waals surface area contributed by atoms with E-state index in [-0.39, 0.29) is 12.1 Å². The number of aliphatic hydroxyl groups excluding tert-OH is 1. The van der Waals surface area contributed by atoms with Gasteiger partial charge in [0.15, 0.2) is 0 Å². The molecule has 0 bridgehead atoms. The monoisotopic (exact) mass is 243 g/mol. The average Bonchev–Trinajstić information content (AvgIpc) is 2.23. The Morgan fingerprint density at radius 1 is 1.29 bits per heavy atom. The molecule has 1 N–H and O–H groups in total. The van der Waals surface area contributed by atoms with Gasteiger partial charge in [-0.25, -0.2) is 8.78 Å². The highest BCUT2D eigenvalue weighted by Crippen LogP contribution is 2.20. The minimum absolute atomic E-state index is 0.0724. The molecule has 0 heterocycles. The van der Waals surface area contributed by atoms with Crippen LogP contribution in [0.1, 0.15) is 25.8 Å². The molecule has 1 aromatic carbocycles. The first-order valence-electron chi connectivity index (χ1n) is 5.63. The molecule has 0 radical (unpaired) electrons. The van der Waals surface area contributed by atoms with Gasteiger partial charge in [0.25, 0.3) is 0 Å². The fourth-order valence-corrected chi connectivity index (χ4v) is 1.60. The van der Waals surface area contributed by atoms with Crippen LogP contribution >= 0.6 is 0 Å². The molecule has 0 spiro atoms. The molecule has 0 amide bonds. The fraction of sp³-hybridized carbons (Fsp3) is 0.538. The Bertz CT molecular complexity index is 380. The van der Waals surface area contributed by atoms with Gasteiger partial charge in [-0.2, -0.15) is 0 Å². The lowest BCUT2D eigenvalue weighted by Gasteiger charge is -2.35. The van der Waals surface area contributed by atoms with Gasteiger partial charge >= 0.3 is 0 Å². The zero-order valence-corrected chi connectivity index (χ0v) is 10.5. The van der Waals surface area contributed by atoms with E-state index in [0.717, 1.165) is 12.1 Å². The molecular weight excluding hydrogens is 224 g/mol. The molecule has 2 nitrogen and oxygen atoms in total. The Hall–Kier alpha value is -1.00. The standard InChI is InChI=1S/C13H19F2NO/c1-13(2,6-7-17)16(3)9-10-8-11(14)4-5-12(10)15/h4-5,8,17H,6-7,9H2,1-3H3. The van der Waals surface area contributed by atoms with Gasteiger partial charge in [-0.1, -0.05) is 0 Å². The summed E-state index contributed by atoms with van der Waals surface area (Å²) in [6, 6.07) is 3.45. The van der Waals surface area contributed by atoms with E-state index >= 15 is 0 Å². The third kappa shape index (κ3) is 3.75. The molecule has 1 rings (SSSR count). The van der Waals surface area contributed by atoms with E-state index in [2.05, 4.69) is 0 Å². The van der Waals surface area contributed by atoms with Crippen molar-refractivity contribution in [1.29, 1.82) is 0 Å². The lowest BCUT2D eigenvalue weighted by molar-refractivity contribution is 0.109. The smallest absolute Gasteiger partial charge is 0.127 e. The molecule has 0 aliphatic rings. The number of rotatable bonds is 5. The van der Waals surface area contributed by atoms with Gasteiger partial charge in [0.05, 0.1) is 0 Å². The Morgan fingerprint density at radius 2 is 1.94 bits per heavy atom. The van der Waals surface area contributed by atoms with Crippen LogP contribution in [0.15, 0.2) is 18.2 Å². The molecule has 0 atom stereocenters. The third-order valence-corrected chi connectivity index (χ3v) is 3.17. The summed E-state index contributed by atoms with van der Waals surface area (Å²) in [5.41, 5.74) is 0.0755. The maximum Gasteiger partial charge on any atom is 0.127 e. The Balaban J connectivity index is 2.80. The molecule has 0 fully saturated rings. The average molecular weight is 243 g/mol. The van der Waals surface area contributed by atoms with E-state index in [0.29, 0.717) is 18.5 Å². The first-order valence-corrected chi connectivity index (χ1v) is 5.63. The molecule has 96 valence electrons. The first-order chi connectivity index (χ1) is 7.86. The molecule has 4 heteroatoms. The van der Waals surface area contributed by atoms with Crippen LogP contribution in [-0.2, 0) is 6.54 Å². The van der Waals surface area contributed by atoms with Crippen molar-refractivity contribution in [2.75, 3.05) is 13.7 Å². The summed E-state index contributed by atoms with van der Waals surface area (Å²) in [4.78, 5) is 1.90. The van der Waals surface area contributed by atoms with Crippen LogP contribution in [-0.4, -0.2) is 29.2 Å². The summed E-state index contributed by atoms with van der Waals surface area (Å²) < 4.78 is 26.5. The van der Waals surface area contributed by atoms with Gasteiger partial charge in [-0.3, -0.25) is 4.90 Å². The zero-order chi connectivity index (χ0) is 13.1. The highest BCUT2D eigenvalue weighted by atomic mass is 19.1. The minimum atomic E-state index is -0.435. The molecule has 1 aromatic rings. The molecule has 0 aromatic heterocycles. The third-order valence-electron chi connectivity index (χ3n) is 3.17. The number of hydrogen-bond acceptors (Lipinski definition) is 2. The summed E-state index contributed by atoms with van der Waals surface area (Å²) in [6.45, 7) is 4.31. The van der Waals surface area contributed by atoms with Crippen LogP contribution in [0.4, 0.5) is 8.78 Å². The molecule has 0 saturated heterocycles. The van der Waals surface area contributed by atoms with E-state index in [1.54, 1.807) is 0 Å². The van der Waals surface area contributed by atoms with Crippen molar-refractivity contribution in [2.45, 2.75) is 32.4 Å². The highest BCUT2D eigenvalue weighted by Gasteiger charge is 2.23. The van der Waals surface area contributed by atoms with Gasteiger partial charge in [-0.05, 0) is 45.5 Å². The van der Waals surface area contributed by atoms with Crippen molar-refractivity contribution in [3.63, 3.8) is 0 Å². The van der Waals surface area contributed by atoms with Crippen molar-refractivity contribution < 1.29 is 13.9 Å². The molecular formula is C13H19F2NO. The quantitative estimate of drug-likeness (QED) is 0.859. The SMILES string of the molecule is CN(Cc1cc(F)ccc1F)C(C)(C)CCO. The molecule has 17 heavy (non-hydrogen) atoms. The Kier molecular flexibility index (Phi) is 4.60. The van der Waals surface area contributed by atoms with Crippen molar-refractivity contribution in [3.8, 4) is 0 Å². The lowest BCUT2D eigenvalue weighted by Crippen LogP contribution is -2.41. The molecule has 0 aliphatic heterocycles. The van der Waals surface area contributed by atoms with Crippen LogP contribution in [0.5, 0.6) is 0 Å². The molecule has 0 aliphatic carbocycles. The zero-order valence-electron chi connectivity index (χ0n) is 10.5. The first kappa shape index (κ1) is 14.1. The summed E-state index contributed by atoms with van der Waals surface area (Å²) in [5.74, 6) is -0.840. The van der Waals surface area contributed by atoms with Crippen LogP contribution in [0.2, 0.25) is 0 Å². The second kappa shape index (κ2) is 5.56. The lowest BCUT2D eigenvalue weighted by atomic mass is 9.98. The predicted molar refractivity (Wildman–Crippen MR) is 63.6 cm³/mol. The van der Waals surface area contributed by atoms with E-state index in [1.165, 1.54) is 6.07 Å². The van der Waals surface area contributed by atoms with E-state index in [9.17, 15) is 8.78 Å². The number of aliphatic hydroxyl groups is 1. The van der Waals surface area contributed by atoms with Crippen LogP contribution in [0, 0.1) is 11.6 Å². The van der Waals surface area contributed by atoms with Crippen molar-refractivity contribution >= 4 is 0 Å². The van der Waals surface area contributed by atoms with Crippen LogP contribution in [0.25, 0.3) is 0 Å². The van der Waals surface area contributed by atoms with E-state index in [1.807, 2.05) is 25.8 Å². The van der Waals surface area contributed by atoms with E-state index in [4.69, 9.17) is 5.11 Å². The van der Waals surface area contributed by atoms with E-state index < -0.39 is 11.6 Å². The highest BCUT2D eigenvalue weighted by molar-refractivity contribution is 5.18. The van der Waals surface area contributed by atoms with Crippen molar-refractivity contribution in [2.24, 2.45) is 0 Å². The number of nitrogens with zero attached hydrogens (tertiary/aromatic N) is 1. The summed E-state index contributed by atoms with van der Waals surface area (Å²) in [7, 11) is 1.83. The van der Waals surface area contributed by atoms with Crippen molar-refractivity contribution in [3.05, 3.63) is 35.4 Å². The number of halogens is 2. The van der Waals surface area contributed by atoms with Crippen molar-refractivity contribution in [1.82, 2.24) is 4.90 Å². The predicted octanol–water partition coefficient (Wildman–Crippen LogP) is 2.56. The van der Waals surface area contributed by atoms with Gasteiger partial charge in [0.1, 0.15) is 11.6 Å². The summed E-state index contributed by atoms with van der Waals surface area (Å²) in [6.07, 6.45) is 0.584. The Labute approximate surface area is 101 Å². The summed E-state index contributed by atoms with van der Waals surface area (Å²) >= 11 is 0. The largest absolute Gasteiger partial charge is 0.396 e. The Morgan fingerprint density at radius 3 is 2.53 bits per heavy atom. The maximum atomic E-state index is 13.5. The van der Waals surface area contributed by atoms with Crippen LogP contribution in [0.3, 0.4) is 0 Å². The second-order valence-electron chi connectivity index (χ2n) is 4.88. The molecule has 0 unspecified atom stereocenters. The second-order valence-corrected chi connectivity index (χ2v) is 4.88. The maximum absolute atomic E-state index is 13.5. The van der Waals surface area contributed by atoms with Gasteiger partial charge < -0.3 is 5.11 Å². The van der Waals surface area contributed by atoms with Gasteiger partial charge in [-0.15, -0.1) is 0 Å². The van der Waals surface area contributed by atoms with Gasteiger partial charge in [0, 0.05) is 24.3 Å². The topological polar surface area (TPSA) is 23.5 Å². The number of benzene rings is 1. The van der Waals surface area contributed by atoms with Crippen LogP contribution < -0.4 is 0 Å². The normalized spacial score (nSPS) is 12.2.